The lowest BCUT2D eigenvalue weighted by Crippen LogP contribution is -2.15. The number of hydrogen-bond acceptors (Lipinski definition) is 6. The number of esters is 1. The first-order valence-electron chi connectivity index (χ1n) is 6.56. The van der Waals surface area contributed by atoms with Crippen LogP contribution in [0.3, 0.4) is 0 Å². The molecule has 0 spiro atoms. The van der Waals surface area contributed by atoms with Crippen LogP contribution in [0.4, 0.5) is 5.69 Å². The Morgan fingerprint density at radius 1 is 1.38 bits per heavy atom. The van der Waals surface area contributed by atoms with E-state index in [9.17, 15) is 4.79 Å². The van der Waals surface area contributed by atoms with Gasteiger partial charge < -0.3 is 9.47 Å². The van der Waals surface area contributed by atoms with Crippen LogP contribution in [-0.4, -0.2) is 30.4 Å². The fourth-order valence-corrected chi connectivity index (χ4v) is 1.83. The van der Waals surface area contributed by atoms with Gasteiger partial charge in [-0.05, 0) is 38.1 Å². The number of anilines is 1. The molecule has 2 aromatic rings. The monoisotopic (exact) mass is 287 g/mol. The number of benzene rings is 1. The van der Waals surface area contributed by atoms with E-state index >= 15 is 0 Å². The summed E-state index contributed by atoms with van der Waals surface area (Å²) in [5.74, 6) is 0.239. The number of carbonyl (C=O) groups excluding carboxylic acids is 1. The number of nitrogens with zero attached hydrogens (tertiary/aromatic N) is 2. The van der Waals surface area contributed by atoms with Crippen molar-refractivity contribution in [2.24, 2.45) is 5.10 Å². The summed E-state index contributed by atoms with van der Waals surface area (Å²) in [5, 5.41) is 4.90. The minimum Gasteiger partial charge on any atom is -0.494 e. The van der Waals surface area contributed by atoms with E-state index in [1.807, 2.05) is 18.2 Å². The maximum Gasteiger partial charge on any atom is 0.354 e. The molecule has 1 aromatic heterocycles. The van der Waals surface area contributed by atoms with Gasteiger partial charge >= 0.3 is 5.97 Å². The molecule has 2 rings (SSSR count). The Hall–Kier alpha value is -2.63. The van der Waals surface area contributed by atoms with Crippen LogP contribution in [0.5, 0.6) is 5.75 Å². The molecule has 1 aromatic carbocycles. The number of aromatic nitrogens is 1. The highest BCUT2D eigenvalue weighted by atomic mass is 16.5. The second-order valence-corrected chi connectivity index (χ2v) is 4.24. The van der Waals surface area contributed by atoms with Crippen LogP contribution in [0, 0.1) is 0 Å². The van der Waals surface area contributed by atoms with Gasteiger partial charge in [0.15, 0.2) is 0 Å². The lowest BCUT2D eigenvalue weighted by molar-refractivity contribution is -0.135. The highest BCUT2D eigenvalue weighted by Gasteiger charge is 2.09. The molecule has 1 heterocycles. The van der Waals surface area contributed by atoms with Crippen molar-refractivity contribution in [3.8, 4) is 5.75 Å². The van der Waals surface area contributed by atoms with E-state index in [2.05, 4.69) is 15.5 Å². The number of hydrogen-bond donors (Lipinski definition) is 1. The summed E-state index contributed by atoms with van der Waals surface area (Å²) < 4.78 is 10.2. The molecule has 6 heteroatoms. The maximum absolute atomic E-state index is 11.5. The Morgan fingerprint density at radius 3 is 2.90 bits per heavy atom. The van der Waals surface area contributed by atoms with E-state index in [-0.39, 0.29) is 5.71 Å². The van der Waals surface area contributed by atoms with Crippen LogP contribution >= 0.6 is 0 Å². The van der Waals surface area contributed by atoms with Crippen LogP contribution < -0.4 is 10.2 Å². The predicted molar refractivity (Wildman–Crippen MR) is 81.7 cm³/mol. The Labute approximate surface area is 122 Å². The van der Waals surface area contributed by atoms with Gasteiger partial charge in [-0.25, -0.2) is 4.79 Å². The molecule has 0 saturated heterocycles. The van der Waals surface area contributed by atoms with E-state index in [0.29, 0.717) is 12.4 Å². The maximum atomic E-state index is 11.5. The van der Waals surface area contributed by atoms with Gasteiger partial charge in [-0.1, -0.05) is 0 Å². The first-order valence-corrected chi connectivity index (χ1v) is 6.56. The number of ether oxygens (including phenoxy) is 2. The summed E-state index contributed by atoms with van der Waals surface area (Å²) in [6, 6.07) is 7.36. The van der Waals surface area contributed by atoms with E-state index in [0.717, 1.165) is 16.6 Å². The summed E-state index contributed by atoms with van der Waals surface area (Å²) in [6.45, 7) is 3.66. The van der Waals surface area contributed by atoms with Crippen molar-refractivity contribution in [1.29, 1.82) is 0 Å². The fraction of sp³-hybridized carbons (Fsp3) is 0.267. The van der Waals surface area contributed by atoms with E-state index in [1.54, 1.807) is 33.2 Å². The number of methoxy groups -OCH3 is 1. The van der Waals surface area contributed by atoms with Gasteiger partial charge in [-0.3, -0.25) is 10.4 Å². The van der Waals surface area contributed by atoms with Gasteiger partial charge in [0, 0.05) is 11.6 Å². The van der Waals surface area contributed by atoms with Crippen LogP contribution in [-0.2, 0) is 9.53 Å². The van der Waals surface area contributed by atoms with Crippen molar-refractivity contribution in [2.75, 3.05) is 19.1 Å². The summed E-state index contributed by atoms with van der Waals surface area (Å²) in [5.41, 5.74) is 4.59. The molecule has 0 aliphatic rings. The normalized spacial score (nSPS) is 11.3. The molecule has 0 atom stereocenters. The topological polar surface area (TPSA) is 72.8 Å². The minimum absolute atomic E-state index is 0.254. The first-order chi connectivity index (χ1) is 10.2. The molecule has 0 aliphatic carbocycles. The van der Waals surface area contributed by atoms with Crippen LogP contribution in [0.2, 0.25) is 0 Å². The minimum atomic E-state index is -0.444. The molecule has 0 fully saturated rings. The average molecular weight is 287 g/mol. The highest BCUT2D eigenvalue weighted by molar-refractivity contribution is 6.35. The average Bonchev–Trinajstić information content (AvgIpc) is 2.52. The van der Waals surface area contributed by atoms with Gasteiger partial charge in [0.05, 0.1) is 19.4 Å². The number of fused-ring (bicyclic) bond motifs is 1. The SMILES string of the molecule is CCOC(=O)/C(C)=N/Nc1ccc(OC)c2ncccc12. The molecular weight excluding hydrogens is 270 g/mol. The van der Waals surface area contributed by atoms with Crippen molar-refractivity contribution < 1.29 is 14.3 Å². The second kappa shape index (κ2) is 6.69. The molecule has 110 valence electrons. The van der Waals surface area contributed by atoms with Gasteiger partial charge in [0.1, 0.15) is 17.0 Å². The number of hydrazone groups is 1. The Kier molecular flexibility index (Phi) is 4.71. The Balaban J connectivity index is 2.31. The molecular formula is C15H17N3O3. The summed E-state index contributed by atoms with van der Waals surface area (Å²) in [7, 11) is 1.60. The highest BCUT2D eigenvalue weighted by Crippen LogP contribution is 2.29. The molecule has 0 aliphatic heterocycles. The number of pyridine rings is 1. The van der Waals surface area contributed by atoms with Gasteiger partial charge in [-0.15, -0.1) is 0 Å². The predicted octanol–water partition coefficient (Wildman–Crippen LogP) is 2.59. The lowest BCUT2D eigenvalue weighted by Gasteiger charge is -2.09. The standard InChI is InChI=1S/C15H17N3O3/c1-4-21-15(19)10(2)17-18-12-7-8-13(20-3)14-11(12)6-5-9-16-14/h5-9,18H,4H2,1-3H3/b17-10+. The lowest BCUT2D eigenvalue weighted by atomic mass is 10.1. The fourth-order valence-electron chi connectivity index (χ4n) is 1.83. The van der Waals surface area contributed by atoms with E-state index in [1.165, 1.54) is 0 Å². The molecule has 6 nitrogen and oxygen atoms in total. The summed E-state index contributed by atoms with van der Waals surface area (Å²) in [6.07, 6.45) is 1.70. The third kappa shape index (κ3) is 3.28. The Morgan fingerprint density at radius 2 is 2.19 bits per heavy atom. The molecule has 0 saturated carbocycles. The van der Waals surface area contributed by atoms with Crippen molar-refractivity contribution in [2.45, 2.75) is 13.8 Å². The Bertz CT molecular complexity index is 683. The smallest absolute Gasteiger partial charge is 0.354 e. The zero-order valence-corrected chi connectivity index (χ0v) is 12.2. The zero-order chi connectivity index (χ0) is 15.2. The zero-order valence-electron chi connectivity index (χ0n) is 12.2. The summed E-state index contributed by atoms with van der Waals surface area (Å²) >= 11 is 0. The second-order valence-electron chi connectivity index (χ2n) is 4.24. The first kappa shape index (κ1) is 14.8. The number of rotatable bonds is 5. The van der Waals surface area contributed by atoms with Crippen LogP contribution in [0.1, 0.15) is 13.8 Å². The molecule has 0 amide bonds. The van der Waals surface area contributed by atoms with Crippen LogP contribution in [0.25, 0.3) is 10.9 Å². The molecule has 1 N–H and O–H groups in total. The molecule has 21 heavy (non-hydrogen) atoms. The van der Waals surface area contributed by atoms with E-state index < -0.39 is 5.97 Å². The third-order valence-corrected chi connectivity index (χ3v) is 2.87. The van der Waals surface area contributed by atoms with Crippen molar-refractivity contribution in [3.05, 3.63) is 30.5 Å². The van der Waals surface area contributed by atoms with Gasteiger partial charge in [0.2, 0.25) is 0 Å². The number of carbonyl (C=O) groups is 1. The van der Waals surface area contributed by atoms with Crippen molar-refractivity contribution in [3.63, 3.8) is 0 Å². The van der Waals surface area contributed by atoms with Crippen molar-refractivity contribution in [1.82, 2.24) is 4.98 Å². The van der Waals surface area contributed by atoms with Gasteiger partial charge in [-0.2, -0.15) is 5.10 Å². The quantitative estimate of drug-likeness (QED) is 0.520. The summed E-state index contributed by atoms with van der Waals surface area (Å²) in [4.78, 5) is 15.8. The van der Waals surface area contributed by atoms with Gasteiger partial charge in [0.25, 0.3) is 0 Å². The van der Waals surface area contributed by atoms with Crippen LogP contribution in [0.15, 0.2) is 35.6 Å². The molecule has 0 radical (unpaired) electrons. The third-order valence-electron chi connectivity index (χ3n) is 2.87. The van der Waals surface area contributed by atoms with E-state index in [4.69, 9.17) is 9.47 Å². The molecule has 0 unspecified atom stereocenters. The van der Waals surface area contributed by atoms with Crippen molar-refractivity contribution >= 4 is 28.3 Å². The molecule has 0 bridgehead atoms. The number of nitrogens with one attached hydrogen (secondary N) is 1. The largest absolute Gasteiger partial charge is 0.494 e.